The summed E-state index contributed by atoms with van der Waals surface area (Å²) in [6.07, 6.45) is 0.965. The summed E-state index contributed by atoms with van der Waals surface area (Å²) in [7, 11) is -8.57. The molecule has 172 valence electrons. The molecule has 1 unspecified atom stereocenters. The van der Waals surface area contributed by atoms with E-state index in [2.05, 4.69) is 0 Å². The summed E-state index contributed by atoms with van der Waals surface area (Å²) < 4.78 is 71.2. The van der Waals surface area contributed by atoms with Gasteiger partial charge in [0.2, 0.25) is 20.0 Å². The highest BCUT2D eigenvalue weighted by Crippen LogP contribution is 2.36. The van der Waals surface area contributed by atoms with Gasteiger partial charge >= 0.3 is 5.97 Å². The van der Waals surface area contributed by atoms with Gasteiger partial charge in [0.15, 0.2) is 0 Å². The standard InChI is InChI=1S/C20H25ClFNO6S2/c1-3-12-30(25,26)23(31(27,28)13-4-2)17-11-10-16(22)18(19(17)21)20(24)29-14-15-8-6-5-7-9-15/h5-10,17H,3-4,11-14H2,1-2H3. The van der Waals surface area contributed by atoms with E-state index in [0.717, 1.165) is 6.08 Å². The van der Waals surface area contributed by atoms with Gasteiger partial charge in [-0.1, -0.05) is 59.5 Å². The Bertz CT molecular complexity index is 1030. The molecule has 0 bridgehead atoms. The first-order chi connectivity index (χ1) is 14.5. The Labute approximate surface area is 187 Å². The number of sulfonamides is 2. The molecule has 0 aliphatic heterocycles. The third-order valence-electron chi connectivity index (χ3n) is 4.43. The maximum atomic E-state index is 14.5. The van der Waals surface area contributed by atoms with Crippen LogP contribution in [0.4, 0.5) is 4.39 Å². The highest BCUT2D eigenvalue weighted by molar-refractivity contribution is 8.04. The lowest BCUT2D eigenvalue weighted by molar-refractivity contribution is -0.140. The van der Waals surface area contributed by atoms with Gasteiger partial charge in [-0.05, 0) is 30.9 Å². The van der Waals surface area contributed by atoms with Gasteiger partial charge < -0.3 is 4.74 Å². The van der Waals surface area contributed by atoms with Crippen LogP contribution < -0.4 is 0 Å². The molecule has 0 heterocycles. The van der Waals surface area contributed by atoms with E-state index in [1.807, 2.05) is 0 Å². The van der Waals surface area contributed by atoms with E-state index in [0.29, 0.717) is 9.27 Å². The third-order valence-corrected chi connectivity index (χ3v) is 9.69. The van der Waals surface area contributed by atoms with Crippen molar-refractivity contribution in [3.05, 3.63) is 58.4 Å². The van der Waals surface area contributed by atoms with Crippen LogP contribution in [-0.2, 0) is 36.2 Å². The van der Waals surface area contributed by atoms with E-state index in [4.69, 9.17) is 16.3 Å². The number of carbonyl (C=O) groups excluding carboxylic acids is 1. The van der Waals surface area contributed by atoms with Gasteiger partial charge in [0.1, 0.15) is 18.0 Å². The van der Waals surface area contributed by atoms with Gasteiger partial charge in [-0.3, -0.25) is 0 Å². The lowest BCUT2D eigenvalue weighted by Crippen LogP contribution is -2.47. The Hall–Kier alpha value is -1.75. The van der Waals surface area contributed by atoms with Crippen molar-refractivity contribution in [1.29, 1.82) is 0 Å². The van der Waals surface area contributed by atoms with Crippen molar-refractivity contribution in [2.75, 3.05) is 11.5 Å². The number of hydrogen-bond donors (Lipinski definition) is 0. The second-order valence-corrected chi connectivity index (χ2v) is 11.5. The minimum atomic E-state index is -4.28. The normalized spacial score (nSPS) is 17.6. The van der Waals surface area contributed by atoms with Crippen LogP contribution in [0.2, 0.25) is 0 Å². The number of carbonyl (C=O) groups is 1. The molecule has 0 radical (unpaired) electrons. The van der Waals surface area contributed by atoms with Crippen molar-refractivity contribution < 1.29 is 30.8 Å². The Morgan fingerprint density at radius 3 is 2.16 bits per heavy atom. The number of esters is 1. The summed E-state index contributed by atoms with van der Waals surface area (Å²) in [4.78, 5) is 12.5. The first kappa shape index (κ1) is 25.5. The van der Waals surface area contributed by atoms with Gasteiger partial charge in [-0.2, -0.15) is 0 Å². The molecule has 0 fully saturated rings. The maximum absolute atomic E-state index is 14.5. The molecule has 11 heteroatoms. The first-order valence-electron chi connectivity index (χ1n) is 9.76. The molecule has 1 aromatic carbocycles. The number of rotatable bonds is 10. The van der Waals surface area contributed by atoms with Gasteiger partial charge in [0, 0.05) is 0 Å². The van der Waals surface area contributed by atoms with Crippen LogP contribution in [0, 0.1) is 0 Å². The molecule has 1 atom stereocenters. The average molecular weight is 494 g/mol. The molecule has 1 aliphatic rings. The SMILES string of the molecule is CCCS(=O)(=O)N(C1CC=C(F)C(C(=O)OCc2ccccc2)=C1Cl)S(=O)(=O)CCC. The van der Waals surface area contributed by atoms with E-state index in [1.165, 1.54) is 0 Å². The molecule has 1 aromatic rings. The number of halogens is 2. The molecular formula is C20H25ClFNO6S2. The second kappa shape index (κ2) is 10.7. The van der Waals surface area contributed by atoms with E-state index in [9.17, 15) is 26.0 Å². The maximum Gasteiger partial charge on any atom is 0.342 e. The molecule has 0 spiro atoms. The molecule has 0 saturated heterocycles. The van der Waals surface area contributed by atoms with Crippen molar-refractivity contribution in [1.82, 2.24) is 3.71 Å². The van der Waals surface area contributed by atoms with E-state index in [1.54, 1.807) is 44.2 Å². The van der Waals surface area contributed by atoms with E-state index in [-0.39, 0.29) is 25.9 Å². The minimum Gasteiger partial charge on any atom is -0.457 e. The Morgan fingerprint density at radius 2 is 1.65 bits per heavy atom. The van der Waals surface area contributed by atoms with Crippen molar-refractivity contribution in [3.63, 3.8) is 0 Å². The fraction of sp³-hybridized carbons (Fsp3) is 0.450. The molecule has 1 aliphatic carbocycles. The Morgan fingerprint density at radius 1 is 1.10 bits per heavy atom. The summed E-state index contributed by atoms with van der Waals surface area (Å²) in [5, 5.41) is -0.516. The predicted molar refractivity (Wildman–Crippen MR) is 117 cm³/mol. The van der Waals surface area contributed by atoms with Crippen molar-refractivity contribution in [2.45, 2.75) is 45.8 Å². The molecule has 0 saturated carbocycles. The summed E-state index contributed by atoms with van der Waals surface area (Å²) in [5.74, 6) is -2.96. The zero-order chi connectivity index (χ0) is 23.2. The smallest absolute Gasteiger partial charge is 0.342 e. The van der Waals surface area contributed by atoms with Gasteiger partial charge in [0.25, 0.3) is 0 Å². The number of hydrogen-bond acceptors (Lipinski definition) is 6. The highest BCUT2D eigenvalue weighted by Gasteiger charge is 2.43. The van der Waals surface area contributed by atoms with E-state index < -0.39 is 60.0 Å². The van der Waals surface area contributed by atoms with Gasteiger partial charge in [0.05, 0.1) is 22.6 Å². The molecule has 2 rings (SSSR count). The largest absolute Gasteiger partial charge is 0.457 e. The lowest BCUT2D eigenvalue weighted by atomic mass is 10.0. The Balaban J connectivity index is 2.44. The minimum absolute atomic E-state index is 0.155. The lowest BCUT2D eigenvalue weighted by Gasteiger charge is -2.31. The predicted octanol–water partition coefficient (Wildman–Crippen LogP) is 3.63. The molecular weight excluding hydrogens is 469 g/mol. The summed E-state index contributed by atoms with van der Waals surface area (Å²) in [6, 6.07) is 7.21. The van der Waals surface area contributed by atoms with Crippen molar-refractivity contribution in [2.24, 2.45) is 0 Å². The summed E-state index contributed by atoms with van der Waals surface area (Å²) in [6.45, 7) is 3.02. The highest BCUT2D eigenvalue weighted by atomic mass is 35.5. The van der Waals surface area contributed by atoms with Crippen LogP contribution >= 0.6 is 11.6 Å². The van der Waals surface area contributed by atoms with Gasteiger partial charge in [-0.25, -0.2) is 26.0 Å². The van der Waals surface area contributed by atoms with Crippen molar-refractivity contribution >= 4 is 37.6 Å². The number of nitrogens with zero attached hydrogens (tertiary/aromatic N) is 1. The molecule has 0 N–H and O–H groups in total. The zero-order valence-corrected chi connectivity index (χ0v) is 19.6. The molecule has 7 nitrogen and oxygen atoms in total. The van der Waals surface area contributed by atoms with Crippen molar-refractivity contribution in [3.8, 4) is 0 Å². The van der Waals surface area contributed by atoms with Crippen LogP contribution in [0.15, 0.2) is 52.8 Å². The first-order valence-corrected chi connectivity index (χ1v) is 13.4. The summed E-state index contributed by atoms with van der Waals surface area (Å²) in [5.41, 5.74) is -0.0146. The second-order valence-electron chi connectivity index (χ2n) is 6.95. The van der Waals surface area contributed by atoms with Crippen LogP contribution in [0.5, 0.6) is 0 Å². The topological polar surface area (TPSA) is 97.8 Å². The zero-order valence-electron chi connectivity index (χ0n) is 17.3. The fourth-order valence-electron chi connectivity index (χ4n) is 3.13. The third kappa shape index (κ3) is 6.15. The van der Waals surface area contributed by atoms with Crippen LogP contribution in [-0.4, -0.2) is 44.1 Å². The summed E-state index contributed by atoms with van der Waals surface area (Å²) >= 11 is 6.25. The van der Waals surface area contributed by atoms with E-state index >= 15 is 0 Å². The van der Waals surface area contributed by atoms with Gasteiger partial charge in [-0.15, -0.1) is 0 Å². The average Bonchev–Trinajstić information content (AvgIpc) is 2.69. The fourth-order valence-corrected chi connectivity index (χ4v) is 7.98. The molecule has 0 amide bonds. The number of ether oxygens (including phenoxy) is 1. The number of benzene rings is 1. The van der Waals surface area contributed by atoms with Crippen LogP contribution in [0.25, 0.3) is 0 Å². The molecule has 0 aromatic heterocycles. The monoisotopic (exact) mass is 493 g/mol. The molecule has 31 heavy (non-hydrogen) atoms. The van der Waals surface area contributed by atoms with Crippen LogP contribution in [0.3, 0.4) is 0 Å². The Kier molecular flexibility index (Phi) is 8.82. The quantitative estimate of drug-likeness (QED) is 0.461. The van der Waals surface area contributed by atoms with Crippen LogP contribution in [0.1, 0.15) is 38.7 Å².